The Morgan fingerprint density at radius 1 is 0.885 bits per heavy atom. The molecule has 0 saturated heterocycles. The van der Waals surface area contributed by atoms with Crippen molar-refractivity contribution in [3.8, 4) is 0 Å². The van der Waals surface area contributed by atoms with Crippen molar-refractivity contribution in [2.75, 3.05) is 4.31 Å². The van der Waals surface area contributed by atoms with E-state index < -0.39 is 15.8 Å². The van der Waals surface area contributed by atoms with Gasteiger partial charge in [-0.25, -0.2) is 12.8 Å². The quantitative estimate of drug-likeness (QED) is 0.602. The van der Waals surface area contributed by atoms with Crippen LogP contribution in [0.25, 0.3) is 0 Å². The molecule has 0 N–H and O–H groups in total. The van der Waals surface area contributed by atoms with Gasteiger partial charge in [0.15, 0.2) is 0 Å². The van der Waals surface area contributed by atoms with E-state index in [1.807, 2.05) is 31.2 Å². The number of hydrogen-bond acceptors (Lipinski definition) is 2. The summed E-state index contributed by atoms with van der Waals surface area (Å²) in [5.74, 6) is -0.423. The predicted octanol–water partition coefficient (Wildman–Crippen LogP) is 5.18. The van der Waals surface area contributed by atoms with Crippen LogP contribution in [0.15, 0.2) is 77.7 Å². The average Bonchev–Trinajstić information content (AvgIpc) is 2.62. The summed E-state index contributed by atoms with van der Waals surface area (Å²) in [7, 11) is -3.84. The van der Waals surface area contributed by atoms with Crippen molar-refractivity contribution in [3.63, 3.8) is 0 Å². The Morgan fingerprint density at radius 2 is 1.46 bits per heavy atom. The lowest BCUT2D eigenvalue weighted by molar-refractivity contribution is 0.590. The third kappa shape index (κ3) is 4.06. The van der Waals surface area contributed by atoms with Gasteiger partial charge in [-0.2, -0.15) is 0 Å². The van der Waals surface area contributed by atoms with E-state index in [9.17, 15) is 12.8 Å². The summed E-state index contributed by atoms with van der Waals surface area (Å²) in [6.07, 6.45) is 0. The third-order valence-corrected chi connectivity index (χ3v) is 6.00. The van der Waals surface area contributed by atoms with Gasteiger partial charge < -0.3 is 0 Å². The molecule has 0 aliphatic heterocycles. The minimum absolute atomic E-state index is 0.123. The highest BCUT2D eigenvalue weighted by Gasteiger charge is 2.25. The normalized spacial score (nSPS) is 11.3. The van der Waals surface area contributed by atoms with Crippen LogP contribution in [-0.4, -0.2) is 8.42 Å². The number of benzene rings is 3. The largest absolute Gasteiger partial charge is 0.264 e. The van der Waals surface area contributed by atoms with E-state index in [4.69, 9.17) is 11.6 Å². The predicted molar refractivity (Wildman–Crippen MR) is 102 cm³/mol. The molecule has 134 valence electrons. The summed E-state index contributed by atoms with van der Waals surface area (Å²) < 4.78 is 40.9. The van der Waals surface area contributed by atoms with Gasteiger partial charge in [-0.3, -0.25) is 4.31 Å². The Kier molecular flexibility index (Phi) is 5.30. The first-order chi connectivity index (χ1) is 12.4. The summed E-state index contributed by atoms with van der Waals surface area (Å²) in [6, 6.07) is 19.0. The Morgan fingerprint density at radius 3 is 2.04 bits per heavy atom. The summed E-state index contributed by atoms with van der Waals surface area (Å²) in [4.78, 5) is 0.123. The van der Waals surface area contributed by atoms with E-state index in [1.165, 1.54) is 52.8 Å². The summed E-state index contributed by atoms with van der Waals surface area (Å²) >= 11 is 5.87. The van der Waals surface area contributed by atoms with Gasteiger partial charge in [0, 0.05) is 5.02 Å². The first-order valence-electron chi connectivity index (χ1n) is 7.96. The highest BCUT2D eigenvalue weighted by atomic mass is 35.5. The van der Waals surface area contributed by atoms with Crippen LogP contribution in [0.5, 0.6) is 0 Å². The van der Waals surface area contributed by atoms with E-state index in [-0.39, 0.29) is 11.4 Å². The molecular formula is C20H17ClFNO2S. The van der Waals surface area contributed by atoms with Crippen LogP contribution in [0.4, 0.5) is 10.1 Å². The lowest BCUT2D eigenvalue weighted by atomic mass is 10.1. The summed E-state index contributed by atoms with van der Waals surface area (Å²) in [6.45, 7) is 2.10. The SMILES string of the molecule is Cc1ccc(CN(c2ccc(F)cc2)S(=O)(=O)c2ccc(Cl)cc2)cc1. The van der Waals surface area contributed by atoms with E-state index in [1.54, 1.807) is 0 Å². The maximum Gasteiger partial charge on any atom is 0.264 e. The number of rotatable bonds is 5. The van der Waals surface area contributed by atoms with E-state index in [0.717, 1.165) is 11.1 Å². The third-order valence-electron chi connectivity index (χ3n) is 3.96. The van der Waals surface area contributed by atoms with Crippen molar-refractivity contribution in [1.29, 1.82) is 0 Å². The maximum atomic E-state index is 13.3. The number of aryl methyl sites for hydroxylation is 1. The van der Waals surface area contributed by atoms with E-state index >= 15 is 0 Å². The minimum Gasteiger partial charge on any atom is -0.262 e. The van der Waals surface area contributed by atoms with Crippen molar-refractivity contribution in [2.24, 2.45) is 0 Å². The summed E-state index contributed by atoms with van der Waals surface area (Å²) in [5.41, 5.74) is 2.31. The van der Waals surface area contributed by atoms with E-state index in [2.05, 4.69) is 0 Å². The molecule has 0 saturated carbocycles. The van der Waals surface area contributed by atoms with Gasteiger partial charge in [0.05, 0.1) is 17.1 Å². The molecule has 0 bridgehead atoms. The molecule has 0 atom stereocenters. The van der Waals surface area contributed by atoms with Crippen molar-refractivity contribution in [1.82, 2.24) is 0 Å². The number of hydrogen-bond donors (Lipinski definition) is 0. The molecular weight excluding hydrogens is 373 g/mol. The first-order valence-corrected chi connectivity index (χ1v) is 9.77. The van der Waals surface area contributed by atoms with Crippen molar-refractivity contribution >= 4 is 27.3 Å². The molecule has 3 rings (SSSR count). The minimum atomic E-state index is -3.84. The lowest BCUT2D eigenvalue weighted by Crippen LogP contribution is -2.30. The highest BCUT2D eigenvalue weighted by Crippen LogP contribution is 2.27. The Labute approximate surface area is 157 Å². The van der Waals surface area contributed by atoms with Crippen molar-refractivity contribution in [2.45, 2.75) is 18.4 Å². The fourth-order valence-electron chi connectivity index (χ4n) is 2.52. The van der Waals surface area contributed by atoms with Gasteiger partial charge in [0.25, 0.3) is 10.0 Å². The molecule has 0 unspecified atom stereocenters. The van der Waals surface area contributed by atoms with Gasteiger partial charge in [-0.1, -0.05) is 41.4 Å². The molecule has 0 radical (unpaired) electrons. The maximum absolute atomic E-state index is 13.3. The first kappa shape index (κ1) is 18.4. The lowest BCUT2D eigenvalue weighted by Gasteiger charge is -2.25. The molecule has 0 aliphatic carbocycles. The molecule has 0 aliphatic rings. The molecule has 0 aromatic heterocycles. The second kappa shape index (κ2) is 7.48. The van der Waals surface area contributed by atoms with Crippen molar-refractivity contribution in [3.05, 3.63) is 94.8 Å². The standard InChI is InChI=1S/C20H17ClFNO2S/c1-15-2-4-16(5-3-15)14-23(19-10-8-18(22)9-11-19)26(24,25)20-12-6-17(21)7-13-20/h2-13H,14H2,1H3. The van der Waals surface area contributed by atoms with Crippen LogP contribution in [0, 0.1) is 12.7 Å². The van der Waals surface area contributed by atoms with Gasteiger partial charge in [0.2, 0.25) is 0 Å². The highest BCUT2D eigenvalue weighted by molar-refractivity contribution is 7.92. The molecule has 3 aromatic rings. The zero-order valence-electron chi connectivity index (χ0n) is 14.1. The molecule has 3 nitrogen and oxygen atoms in total. The fourth-order valence-corrected chi connectivity index (χ4v) is 4.09. The van der Waals surface area contributed by atoms with Gasteiger partial charge in [0.1, 0.15) is 5.82 Å². The van der Waals surface area contributed by atoms with Crippen LogP contribution in [0.2, 0.25) is 5.02 Å². The monoisotopic (exact) mass is 389 g/mol. The molecule has 0 fully saturated rings. The zero-order valence-corrected chi connectivity index (χ0v) is 15.6. The molecule has 3 aromatic carbocycles. The van der Waals surface area contributed by atoms with Crippen LogP contribution in [-0.2, 0) is 16.6 Å². The molecule has 6 heteroatoms. The number of sulfonamides is 1. The average molecular weight is 390 g/mol. The Balaban J connectivity index is 2.05. The molecule has 0 amide bonds. The summed E-state index contributed by atoms with van der Waals surface area (Å²) in [5, 5.41) is 0.454. The molecule has 0 heterocycles. The number of halogens is 2. The smallest absolute Gasteiger partial charge is 0.262 e. The topological polar surface area (TPSA) is 37.4 Å². The Bertz CT molecular complexity index is 985. The fraction of sp³-hybridized carbons (Fsp3) is 0.100. The second-order valence-electron chi connectivity index (χ2n) is 5.93. The Hall–Kier alpha value is -2.37. The zero-order chi connectivity index (χ0) is 18.7. The molecule has 26 heavy (non-hydrogen) atoms. The van der Waals surface area contributed by atoms with Crippen LogP contribution in [0.1, 0.15) is 11.1 Å². The van der Waals surface area contributed by atoms with Gasteiger partial charge in [-0.05, 0) is 61.0 Å². The van der Waals surface area contributed by atoms with Crippen LogP contribution >= 0.6 is 11.6 Å². The van der Waals surface area contributed by atoms with E-state index in [0.29, 0.717) is 10.7 Å². The van der Waals surface area contributed by atoms with Gasteiger partial charge >= 0.3 is 0 Å². The van der Waals surface area contributed by atoms with Crippen molar-refractivity contribution < 1.29 is 12.8 Å². The van der Waals surface area contributed by atoms with Crippen LogP contribution in [0.3, 0.4) is 0 Å². The number of anilines is 1. The van der Waals surface area contributed by atoms with Crippen LogP contribution < -0.4 is 4.31 Å². The molecule has 0 spiro atoms. The van der Waals surface area contributed by atoms with Gasteiger partial charge in [-0.15, -0.1) is 0 Å². The number of nitrogens with zero attached hydrogens (tertiary/aromatic N) is 1. The second-order valence-corrected chi connectivity index (χ2v) is 8.23.